The van der Waals surface area contributed by atoms with Crippen LogP contribution >= 0.6 is 0 Å². The summed E-state index contributed by atoms with van der Waals surface area (Å²) in [6.07, 6.45) is 2.07. The average Bonchev–Trinajstić information content (AvgIpc) is 3.15. The second-order valence-electron chi connectivity index (χ2n) is 6.02. The molecule has 10 heteroatoms. The molecule has 0 unspecified atom stereocenters. The third-order valence-electron chi connectivity index (χ3n) is 4.20. The maximum Gasteiger partial charge on any atom is 0.310 e. The Labute approximate surface area is 149 Å². The van der Waals surface area contributed by atoms with Crippen molar-refractivity contribution < 1.29 is 32.6 Å². The maximum atomic E-state index is 12.5. The summed E-state index contributed by atoms with van der Waals surface area (Å²) in [5, 5.41) is 11.9. The number of sulfonamides is 1. The normalized spacial score (nSPS) is 26.5. The van der Waals surface area contributed by atoms with E-state index in [1.54, 1.807) is 12.2 Å². The summed E-state index contributed by atoms with van der Waals surface area (Å²) in [5.74, 6) is -4.19. The minimum absolute atomic E-state index is 0.139. The number of fused-ring (bicyclic) bond motifs is 2. The predicted octanol–water partition coefficient (Wildman–Crippen LogP) is 0.104. The van der Waals surface area contributed by atoms with E-state index in [1.807, 2.05) is 4.72 Å². The van der Waals surface area contributed by atoms with E-state index in [2.05, 4.69) is 5.32 Å². The molecule has 2 bridgehead atoms. The van der Waals surface area contributed by atoms with Crippen molar-refractivity contribution in [2.75, 3.05) is 5.32 Å². The van der Waals surface area contributed by atoms with Gasteiger partial charge in [0.1, 0.15) is 5.92 Å². The van der Waals surface area contributed by atoms with Crippen molar-refractivity contribution in [3.05, 3.63) is 36.4 Å². The van der Waals surface area contributed by atoms with Gasteiger partial charge in [0.2, 0.25) is 11.8 Å². The lowest BCUT2D eigenvalue weighted by Crippen LogP contribution is -2.39. The number of carbonyl (C=O) groups is 3. The van der Waals surface area contributed by atoms with Gasteiger partial charge in [0, 0.05) is 12.6 Å². The van der Waals surface area contributed by atoms with Crippen LogP contribution in [-0.2, 0) is 29.1 Å². The molecular weight excluding hydrogens is 364 g/mol. The molecule has 1 aromatic carbocycles. The molecule has 2 aliphatic rings. The molecule has 3 N–H and O–H groups in total. The van der Waals surface area contributed by atoms with Crippen molar-refractivity contribution in [1.29, 1.82) is 0 Å². The van der Waals surface area contributed by atoms with E-state index in [-0.39, 0.29) is 4.90 Å². The van der Waals surface area contributed by atoms with E-state index < -0.39 is 51.9 Å². The third-order valence-corrected chi connectivity index (χ3v) is 5.65. The zero-order chi connectivity index (χ0) is 19.1. The number of hydrogen-bond acceptors (Lipinski definition) is 6. The Morgan fingerprint density at radius 2 is 1.62 bits per heavy atom. The van der Waals surface area contributed by atoms with Gasteiger partial charge in [-0.25, -0.2) is 13.1 Å². The second kappa shape index (κ2) is 6.54. The predicted molar refractivity (Wildman–Crippen MR) is 88.5 cm³/mol. The molecule has 1 saturated heterocycles. The van der Waals surface area contributed by atoms with E-state index in [1.165, 1.54) is 24.3 Å². The average molecular weight is 380 g/mol. The summed E-state index contributed by atoms with van der Waals surface area (Å²) in [5.41, 5.74) is 0.299. The first-order valence-corrected chi connectivity index (χ1v) is 9.18. The Kier molecular flexibility index (Phi) is 4.55. The number of carboxylic acids is 1. The fourth-order valence-electron chi connectivity index (χ4n) is 3.11. The number of benzene rings is 1. The van der Waals surface area contributed by atoms with E-state index >= 15 is 0 Å². The summed E-state index contributed by atoms with van der Waals surface area (Å²) >= 11 is 0. The van der Waals surface area contributed by atoms with E-state index in [0.717, 1.165) is 6.92 Å². The lowest BCUT2D eigenvalue weighted by molar-refractivity contribution is -0.145. The molecule has 2 heterocycles. The topological polar surface area (TPSA) is 139 Å². The van der Waals surface area contributed by atoms with Crippen LogP contribution in [0.3, 0.4) is 0 Å². The number of nitrogens with one attached hydrogen (secondary N) is 2. The summed E-state index contributed by atoms with van der Waals surface area (Å²) in [4.78, 5) is 34.7. The molecule has 2 aliphatic heterocycles. The van der Waals surface area contributed by atoms with E-state index in [4.69, 9.17) is 4.74 Å². The van der Waals surface area contributed by atoms with Gasteiger partial charge in [-0.15, -0.1) is 0 Å². The van der Waals surface area contributed by atoms with Gasteiger partial charge >= 0.3 is 5.97 Å². The number of ether oxygens (including phenoxy) is 1. The number of rotatable bonds is 5. The van der Waals surface area contributed by atoms with Gasteiger partial charge in [-0.1, -0.05) is 12.2 Å². The molecule has 9 nitrogen and oxygen atoms in total. The molecule has 1 fully saturated rings. The fourth-order valence-corrected chi connectivity index (χ4v) is 4.10. The number of carboxylic acid groups (broad SMARTS) is 1. The van der Waals surface area contributed by atoms with Crippen molar-refractivity contribution in [1.82, 2.24) is 4.72 Å². The van der Waals surface area contributed by atoms with Crippen molar-refractivity contribution >= 4 is 33.5 Å². The molecule has 2 amide bonds. The molecule has 1 aromatic rings. The van der Waals surface area contributed by atoms with Crippen LogP contribution in [0.2, 0.25) is 0 Å². The van der Waals surface area contributed by atoms with Crippen LogP contribution in [0.25, 0.3) is 0 Å². The molecule has 138 valence electrons. The minimum Gasteiger partial charge on any atom is -0.481 e. The van der Waals surface area contributed by atoms with Gasteiger partial charge < -0.3 is 15.2 Å². The SMILES string of the molecule is CC(=O)NS(=O)(=O)c1ccc(NC(=O)[C@H]2[C@@H](C(=O)O)[C@H]3C=C[C@@H]2O3)cc1. The lowest BCUT2D eigenvalue weighted by atomic mass is 9.82. The number of aliphatic carboxylic acids is 1. The van der Waals surface area contributed by atoms with Crippen LogP contribution in [0.4, 0.5) is 5.69 Å². The zero-order valence-corrected chi connectivity index (χ0v) is 14.4. The quantitative estimate of drug-likeness (QED) is 0.616. The first kappa shape index (κ1) is 18.1. The maximum absolute atomic E-state index is 12.5. The van der Waals surface area contributed by atoms with Gasteiger partial charge in [0.25, 0.3) is 10.0 Å². The number of hydrogen-bond donors (Lipinski definition) is 3. The monoisotopic (exact) mass is 380 g/mol. The van der Waals surface area contributed by atoms with E-state index in [9.17, 15) is 27.9 Å². The van der Waals surface area contributed by atoms with E-state index in [0.29, 0.717) is 5.69 Å². The fraction of sp³-hybridized carbons (Fsp3) is 0.312. The molecule has 4 atom stereocenters. The first-order valence-electron chi connectivity index (χ1n) is 7.70. The van der Waals surface area contributed by atoms with Crippen LogP contribution in [0.1, 0.15) is 6.92 Å². The summed E-state index contributed by atoms with van der Waals surface area (Å²) in [6, 6.07) is 5.16. The molecule has 0 radical (unpaired) electrons. The van der Waals surface area contributed by atoms with Gasteiger partial charge in [-0.2, -0.15) is 0 Å². The lowest BCUT2D eigenvalue weighted by Gasteiger charge is -2.21. The molecule has 26 heavy (non-hydrogen) atoms. The van der Waals surface area contributed by atoms with Crippen LogP contribution in [0, 0.1) is 11.8 Å². The number of amides is 2. The van der Waals surface area contributed by atoms with Crippen LogP contribution < -0.4 is 10.0 Å². The molecule has 0 aliphatic carbocycles. The van der Waals surface area contributed by atoms with Crippen molar-refractivity contribution in [3.8, 4) is 0 Å². The standard InChI is InChI=1S/C16H16N2O7S/c1-8(19)18-26(23,24)10-4-2-9(3-5-10)17-15(20)13-11-6-7-12(25-11)14(13)16(21)22/h2-7,11-14H,1H3,(H,17,20)(H,18,19)(H,21,22)/t11-,12+,13+,14-/m0/s1. The Morgan fingerprint density at radius 1 is 1.04 bits per heavy atom. The summed E-state index contributed by atoms with van der Waals surface area (Å²) < 4.78 is 31.0. The molecule has 0 aromatic heterocycles. The highest BCUT2D eigenvalue weighted by atomic mass is 32.2. The molecular formula is C16H16N2O7S. The summed E-state index contributed by atoms with van der Waals surface area (Å²) in [6.45, 7) is 1.08. The van der Waals surface area contributed by atoms with Crippen LogP contribution in [-0.4, -0.2) is 43.5 Å². The van der Waals surface area contributed by atoms with Gasteiger partial charge in [0.05, 0.1) is 23.0 Å². The smallest absolute Gasteiger partial charge is 0.310 e. The number of carbonyl (C=O) groups excluding carboxylic acids is 2. The van der Waals surface area contributed by atoms with Crippen molar-refractivity contribution in [2.24, 2.45) is 11.8 Å². The van der Waals surface area contributed by atoms with Crippen LogP contribution in [0.15, 0.2) is 41.3 Å². The zero-order valence-electron chi connectivity index (χ0n) is 13.6. The molecule has 0 spiro atoms. The van der Waals surface area contributed by atoms with Crippen molar-refractivity contribution in [3.63, 3.8) is 0 Å². The molecule has 3 rings (SSSR count). The highest BCUT2D eigenvalue weighted by Gasteiger charge is 2.53. The highest BCUT2D eigenvalue weighted by Crippen LogP contribution is 2.39. The van der Waals surface area contributed by atoms with Gasteiger partial charge in [0.15, 0.2) is 0 Å². The van der Waals surface area contributed by atoms with Crippen LogP contribution in [0.5, 0.6) is 0 Å². The Hall–Kier alpha value is -2.72. The Morgan fingerprint density at radius 3 is 2.15 bits per heavy atom. The van der Waals surface area contributed by atoms with Crippen molar-refractivity contribution in [2.45, 2.75) is 24.0 Å². The Bertz CT molecular complexity index is 892. The Balaban J connectivity index is 1.73. The van der Waals surface area contributed by atoms with Gasteiger partial charge in [-0.3, -0.25) is 14.4 Å². The third kappa shape index (κ3) is 3.33. The largest absolute Gasteiger partial charge is 0.481 e. The second-order valence-corrected chi connectivity index (χ2v) is 7.70. The first-order chi connectivity index (χ1) is 12.2. The minimum atomic E-state index is -3.97. The molecule has 0 saturated carbocycles. The van der Waals surface area contributed by atoms with Gasteiger partial charge in [-0.05, 0) is 24.3 Å². The summed E-state index contributed by atoms with van der Waals surface area (Å²) in [7, 11) is -3.97. The highest BCUT2D eigenvalue weighted by molar-refractivity contribution is 7.90. The number of anilines is 1.